The van der Waals surface area contributed by atoms with Gasteiger partial charge in [-0.25, -0.2) is 0 Å². The summed E-state index contributed by atoms with van der Waals surface area (Å²) in [6.07, 6.45) is 7.04. The smallest absolute Gasteiger partial charge is 0.245 e. The Morgan fingerprint density at radius 1 is 1.25 bits per heavy atom. The molecular weight excluding hydrogens is 300 g/mol. The first-order chi connectivity index (χ1) is 11.5. The molecule has 0 bridgehead atoms. The van der Waals surface area contributed by atoms with E-state index in [1.165, 1.54) is 25.7 Å². The lowest BCUT2D eigenvalue weighted by Gasteiger charge is -2.26. The number of rotatable bonds is 7. The van der Waals surface area contributed by atoms with Gasteiger partial charge < -0.3 is 10.2 Å². The van der Waals surface area contributed by atoms with Crippen LogP contribution in [0.5, 0.6) is 0 Å². The molecule has 1 aromatic heterocycles. The van der Waals surface area contributed by atoms with Gasteiger partial charge in [-0.15, -0.1) is 0 Å². The largest absolute Gasteiger partial charge is 0.351 e. The zero-order valence-electron chi connectivity index (χ0n) is 15.8. The van der Waals surface area contributed by atoms with Crippen molar-refractivity contribution in [2.75, 3.05) is 19.6 Å². The van der Waals surface area contributed by atoms with Gasteiger partial charge in [0.2, 0.25) is 5.91 Å². The van der Waals surface area contributed by atoms with Crippen LogP contribution in [0.25, 0.3) is 0 Å². The summed E-state index contributed by atoms with van der Waals surface area (Å²) in [6, 6.07) is 2.01. The molecular formula is C19H34N4O. The first-order valence-corrected chi connectivity index (χ1v) is 9.56. The maximum atomic E-state index is 12.8. The number of likely N-dealkylation sites (tertiary alicyclic amines) is 1. The zero-order valence-corrected chi connectivity index (χ0v) is 15.8. The topological polar surface area (TPSA) is 50.2 Å². The minimum absolute atomic E-state index is 0.102. The van der Waals surface area contributed by atoms with Gasteiger partial charge in [0.1, 0.15) is 6.04 Å². The number of nitrogens with one attached hydrogen (secondary N) is 1. The van der Waals surface area contributed by atoms with Crippen LogP contribution in [-0.2, 0) is 4.79 Å². The third kappa shape index (κ3) is 5.33. The van der Waals surface area contributed by atoms with Crippen molar-refractivity contribution < 1.29 is 4.79 Å². The highest BCUT2D eigenvalue weighted by Gasteiger charge is 2.24. The van der Waals surface area contributed by atoms with Gasteiger partial charge in [-0.2, -0.15) is 5.10 Å². The normalized spacial score (nSPS) is 18.8. The van der Waals surface area contributed by atoms with Crippen LogP contribution in [-0.4, -0.2) is 46.3 Å². The highest BCUT2D eigenvalue weighted by molar-refractivity contribution is 5.80. The number of hydrogen-bond acceptors (Lipinski definition) is 3. The van der Waals surface area contributed by atoms with Gasteiger partial charge in [0, 0.05) is 18.3 Å². The highest BCUT2D eigenvalue weighted by Crippen LogP contribution is 2.17. The van der Waals surface area contributed by atoms with Crippen LogP contribution in [0.15, 0.2) is 6.07 Å². The molecule has 1 aliphatic heterocycles. The van der Waals surface area contributed by atoms with Crippen molar-refractivity contribution in [1.82, 2.24) is 20.0 Å². The Morgan fingerprint density at radius 2 is 1.92 bits per heavy atom. The molecule has 24 heavy (non-hydrogen) atoms. The maximum Gasteiger partial charge on any atom is 0.245 e. The molecule has 0 saturated carbocycles. The number of carbonyl (C=O) groups excluding carboxylic acids is 1. The van der Waals surface area contributed by atoms with Crippen LogP contribution in [0.2, 0.25) is 0 Å². The molecule has 5 nitrogen and oxygen atoms in total. The van der Waals surface area contributed by atoms with Crippen LogP contribution >= 0.6 is 0 Å². The first-order valence-electron chi connectivity index (χ1n) is 9.56. The molecule has 1 aliphatic rings. The lowest BCUT2D eigenvalue weighted by molar-refractivity contribution is -0.125. The summed E-state index contributed by atoms with van der Waals surface area (Å²) in [7, 11) is 0. The minimum atomic E-state index is -0.199. The van der Waals surface area contributed by atoms with E-state index >= 15 is 0 Å². The summed E-state index contributed by atoms with van der Waals surface area (Å²) in [6.45, 7) is 11.5. The zero-order chi connectivity index (χ0) is 17.5. The Morgan fingerprint density at radius 3 is 2.46 bits per heavy atom. The van der Waals surface area contributed by atoms with E-state index < -0.39 is 0 Å². The highest BCUT2D eigenvalue weighted by atomic mass is 16.2. The molecule has 1 saturated heterocycles. The van der Waals surface area contributed by atoms with Gasteiger partial charge in [0.15, 0.2) is 0 Å². The summed E-state index contributed by atoms with van der Waals surface area (Å²) in [5.74, 6) is 0.102. The Kier molecular flexibility index (Phi) is 7.28. The van der Waals surface area contributed by atoms with Crippen LogP contribution in [0.1, 0.15) is 69.8 Å². The van der Waals surface area contributed by atoms with Gasteiger partial charge in [0.05, 0.1) is 5.69 Å². The first kappa shape index (κ1) is 19.0. The number of carbonyl (C=O) groups is 1. The summed E-state index contributed by atoms with van der Waals surface area (Å²) in [4.78, 5) is 15.3. The number of aromatic nitrogens is 2. The Labute approximate surface area is 146 Å². The number of aryl methyl sites for hydroxylation is 2. The van der Waals surface area contributed by atoms with Gasteiger partial charge in [-0.3, -0.25) is 9.48 Å². The van der Waals surface area contributed by atoms with E-state index in [0.29, 0.717) is 0 Å². The average Bonchev–Trinajstić information content (AvgIpc) is 2.72. The van der Waals surface area contributed by atoms with Crippen molar-refractivity contribution in [2.24, 2.45) is 0 Å². The molecule has 0 spiro atoms. The maximum absolute atomic E-state index is 12.8. The fraction of sp³-hybridized carbons (Fsp3) is 0.789. The Balaban J connectivity index is 1.95. The molecule has 2 heterocycles. The summed E-state index contributed by atoms with van der Waals surface area (Å²) in [5.41, 5.74) is 2.03. The average molecular weight is 335 g/mol. The van der Waals surface area contributed by atoms with Crippen LogP contribution < -0.4 is 5.32 Å². The second-order valence-electron chi connectivity index (χ2n) is 7.30. The lowest BCUT2D eigenvalue weighted by Crippen LogP contribution is -2.45. The number of hydrogen-bond donors (Lipinski definition) is 1. The van der Waals surface area contributed by atoms with E-state index in [1.54, 1.807) is 0 Å². The van der Waals surface area contributed by atoms with E-state index in [1.807, 2.05) is 24.6 Å². The quantitative estimate of drug-likeness (QED) is 0.833. The third-order valence-corrected chi connectivity index (χ3v) is 4.82. The van der Waals surface area contributed by atoms with Gasteiger partial charge >= 0.3 is 0 Å². The van der Waals surface area contributed by atoms with E-state index in [4.69, 9.17) is 0 Å². The molecule has 0 aromatic carbocycles. The van der Waals surface area contributed by atoms with Crippen molar-refractivity contribution >= 4 is 5.91 Å². The molecule has 1 fully saturated rings. The van der Waals surface area contributed by atoms with Crippen molar-refractivity contribution in [2.45, 2.75) is 78.3 Å². The molecule has 0 radical (unpaired) electrons. The monoisotopic (exact) mass is 334 g/mol. The molecule has 136 valence electrons. The molecule has 1 N–H and O–H groups in total. The molecule has 0 aliphatic carbocycles. The molecule has 0 unspecified atom stereocenters. The molecule has 5 heteroatoms. The van der Waals surface area contributed by atoms with Gasteiger partial charge in [-0.1, -0.05) is 26.2 Å². The molecule has 2 rings (SSSR count). The van der Waals surface area contributed by atoms with Crippen molar-refractivity contribution in [1.29, 1.82) is 0 Å². The van der Waals surface area contributed by atoms with Crippen molar-refractivity contribution in [3.05, 3.63) is 17.5 Å². The van der Waals surface area contributed by atoms with E-state index in [-0.39, 0.29) is 18.0 Å². The summed E-state index contributed by atoms with van der Waals surface area (Å²) >= 11 is 0. The lowest BCUT2D eigenvalue weighted by atomic mass is 10.1. The van der Waals surface area contributed by atoms with Crippen LogP contribution in [0.4, 0.5) is 0 Å². The predicted molar refractivity (Wildman–Crippen MR) is 98.2 cm³/mol. The molecule has 2 atom stereocenters. The second-order valence-corrected chi connectivity index (χ2v) is 7.30. The fourth-order valence-corrected chi connectivity index (χ4v) is 3.69. The summed E-state index contributed by atoms with van der Waals surface area (Å²) < 4.78 is 1.90. The molecule has 1 aromatic rings. The minimum Gasteiger partial charge on any atom is -0.351 e. The van der Waals surface area contributed by atoms with Gasteiger partial charge in [-0.05, 0) is 59.2 Å². The van der Waals surface area contributed by atoms with Crippen LogP contribution in [0, 0.1) is 13.8 Å². The van der Waals surface area contributed by atoms with Gasteiger partial charge in [0.25, 0.3) is 0 Å². The van der Waals surface area contributed by atoms with E-state index in [2.05, 4.69) is 29.2 Å². The molecule has 1 amide bonds. The van der Waals surface area contributed by atoms with Crippen LogP contribution in [0.3, 0.4) is 0 Å². The standard InChI is InChI=1S/C19H34N4O/c1-5-10-18(23-17(4)13-15(2)21-23)19(24)20-16(3)14-22-11-8-6-7-9-12-22/h13,16,18H,5-12,14H2,1-4H3,(H,20,24)/t16-,18+/m1/s1. The fourth-order valence-electron chi connectivity index (χ4n) is 3.69. The Hall–Kier alpha value is -1.36. The van der Waals surface area contributed by atoms with E-state index in [9.17, 15) is 4.79 Å². The van der Waals surface area contributed by atoms with E-state index in [0.717, 1.165) is 43.9 Å². The second kappa shape index (κ2) is 9.21. The Bertz CT molecular complexity index is 517. The predicted octanol–water partition coefficient (Wildman–Crippen LogP) is 3.22. The number of nitrogens with zero attached hydrogens (tertiary/aromatic N) is 3. The number of amides is 1. The SMILES string of the molecule is CCC[C@@H](C(=O)N[C@H](C)CN1CCCCCC1)n1nc(C)cc1C. The third-order valence-electron chi connectivity index (χ3n) is 4.82. The van der Waals surface area contributed by atoms with Crippen molar-refractivity contribution in [3.8, 4) is 0 Å². The summed E-state index contributed by atoms with van der Waals surface area (Å²) in [5, 5.41) is 7.76. The van der Waals surface area contributed by atoms with Crippen molar-refractivity contribution in [3.63, 3.8) is 0 Å².